The third-order valence-electron chi connectivity index (χ3n) is 6.22. The first-order valence-corrected chi connectivity index (χ1v) is 14.9. The number of alkyl halides is 3. The van der Waals surface area contributed by atoms with Crippen LogP contribution in [0.1, 0.15) is 89.2 Å². The Kier molecular flexibility index (Phi) is 17.3. The Morgan fingerprint density at radius 2 is 1.60 bits per heavy atom. The molecule has 2 atom stereocenters. The van der Waals surface area contributed by atoms with E-state index in [9.17, 15) is 32.7 Å². The van der Waals surface area contributed by atoms with Gasteiger partial charge in [-0.15, -0.1) is 11.8 Å². The second-order valence-corrected chi connectivity index (χ2v) is 10.8. The molecule has 0 saturated carbocycles. The van der Waals surface area contributed by atoms with E-state index in [0.29, 0.717) is 17.7 Å². The van der Waals surface area contributed by atoms with E-state index in [1.807, 2.05) is 36.5 Å². The molecule has 0 aliphatic carbocycles. The van der Waals surface area contributed by atoms with E-state index < -0.39 is 42.7 Å². The minimum Gasteiger partial charge on any atom is -0.480 e. The number of aliphatic carboxylic acids is 1. The molecular formula is C29H43F3N2O5S. The third kappa shape index (κ3) is 15.3. The summed E-state index contributed by atoms with van der Waals surface area (Å²) in [5, 5.41) is 22.8. The molecule has 40 heavy (non-hydrogen) atoms. The number of carbonyl (C=O) groups is 3. The normalized spacial score (nSPS) is 13.5. The molecule has 0 bridgehead atoms. The fourth-order valence-electron chi connectivity index (χ4n) is 3.89. The number of benzene rings is 1. The molecule has 0 radical (unpaired) electrons. The Morgan fingerprint density at radius 1 is 0.975 bits per heavy atom. The van der Waals surface area contributed by atoms with Crippen LogP contribution in [0.5, 0.6) is 0 Å². The van der Waals surface area contributed by atoms with E-state index in [1.54, 1.807) is 11.4 Å². The Labute approximate surface area is 239 Å². The molecular weight excluding hydrogens is 545 g/mol. The molecule has 0 spiro atoms. The number of carboxylic acids is 1. The van der Waals surface area contributed by atoms with Crippen molar-refractivity contribution in [2.75, 3.05) is 12.3 Å². The van der Waals surface area contributed by atoms with Crippen molar-refractivity contribution in [3.8, 4) is 0 Å². The quantitative estimate of drug-likeness (QED) is 0.142. The summed E-state index contributed by atoms with van der Waals surface area (Å²) in [5.74, 6) is -4.97. The van der Waals surface area contributed by atoms with Gasteiger partial charge in [0, 0.05) is 10.7 Å². The summed E-state index contributed by atoms with van der Waals surface area (Å²) < 4.78 is 38.6. The lowest BCUT2D eigenvalue weighted by Crippen LogP contribution is -2.52. The maximum atomic E-state index is 12.9. The number of hydrogen-bond donors (Lipinski definition) is 4. The van der Waals surface area contributed by atoms with E-state index in [0.717, 1.165) is 55.0 Å². The molecule has 0 aromatic heterocycles. The first kappa shape index (κ1) is 35.5. The number of carbonyl (C=O) groups excluding carboxylic acids is 2. The van der Waals surface area contributed by atoms with Crippen molar-refractivity contribution in [3.05, 3.63) is 41.5 Å². The van der Waals surface area contributed by atoms with Crippen LogP contribution in [0.3, 0.4) is 0 Å². The van der Waals surface area contributed by atoms with Crippen LogP contribution in [0.15, 0.2) is 30.3 Å². The van der Waals surface area contributed by atoms with Crippen molar-refractivity contribution in [2.45, 2.75) is 103 Å². The van der Waals surface area contributed by atoms with Crippen LogP contribution in [0, 0.1) is 0 Å². The molecule has 1 aromatic rings. The van der Waals surface area contributed by atoms with Gasteiger partial charge < -0.3 is 20.8 Å². The summed E-state index contributed by atoms with van der Waals surface area (Å²) >= 11 is 1.06. The number of aliphatic hydroxyl groups is 1. The number of thioether (sulfide) groups is 1. The zero-order chi connectivity index (χ0) is 30.0. The topological polar surface area (TPSA) is 116 Å². The van der Waals surface area contributed by atoms with E-state index in [1.165, 1.54) is 25.7 Å². The summed E-state index contributed by atoms with van der Waals surface area (Å²) in [6.45, 7) is 3.40. The first-order chi connectivity index (χ1) is 19.0. The summed E-state index contributed by atoms with van der Waals surface area (Å²) in [4.78, 5) is 35.5. The fraction of sp³-hybridized carbons (Fsp3) is 0.621. The van der Waals surface area contributed by atoms with Crippen LogP contribution in [0.2, 0.25) is 0 Å². The molecule has 0 aliphatic heterocycles. The Balaban J connectivity index is 3.02. The number of rotatable bonds is 20. The third-order valence-corrected chi connectivity index (χ3v) is 7.44. The summed E-state index contributed by atoms with van der Waals surface area (Å²) in [7, 11) is 0. The molecule has 0 fully saturated rings. The van der Waals surface area contributed by atoms with E-state index in [4.69, 9.17) is 5.11 Å². The average molecular weight is 589 g/mol. The largest absolute Gasteiger partial charge is 0.480 e. The highest BCUT2D eigenvalue weighted by Gasteiger charge is 2.40. The predicted octanol–water partition coefficient (Wildman–Crippen LogP) is 5.85. The number of carboxylic acid groups (broad SMARTS) is 1. The van der Waals surface area contributed by atoms with Crippen LogP contribution in [-0.2, 0) is 20.8 Å². The minimum absolute atomic E-state index is 0.274. The average Bonchev–Trinajstić information content (AvgIpc) is 2.91. The molecule has 4 N–H and O–H groups in total. The van der Waals surface area contributed by atoms with Gasteiger partial charge in [0.15, 0.2) is 0 Å². The second kappa shape index (κ2) is 19.5. The Bertz CT molecular complexity index is 939. The number of nitrogens with one attached hydrogen (secondary N) is 2. The molecule has 1 rings (SSSR count). The monoisotopic (exact) mass is 588 g/mol. The van der Waals surface area contributed by atoms with Gasteiger partial charge in [0.2, 0.25) is 5.91 Å². The van der Waals surface area contributed by atoms with Crippen molar-refractivity contribution in [1.29, 1.82) is 0 Å². The number of amides is 2. The van der Waals surface area contributed by atoms with Gasteiger partial charge in [0.25, 0.3) is 0 Å². The smallest absolute Gasteiger partial charge is 0.471 e. The summed E-state index contributed by atoms with van der Waals surface area (Å²) in [5.41, 5.74) is 1.93. The van der Waals surface area contributed by atoms with Crippen LogP contribution in [-0.4, -0.2) is 58.6 Å². The molecule has 226 valence electrons. The lowest BCUT2D eigenvalue weighted by Gasteiger charge is -2.20. The molecule has 11 heteroatoms. The minimum atomic E-state index is -5.20. The van der Waals surface area contributed by atoms with Gasteiger partial charge in [0.05, 0.1) is 6.10 Å². The summed E-state index contributed by atoms with van der Waals surface area (Å²) in [6, 6.07) is 6.16. The lowest BCUT2D eigenvalue weighted by atomic mass is 10.0. The maximum Gasteiger partial charge on any atom is 0.471 e. The van der Waals surface area contributed by atoms with Gasteiger partial charge >= 0.3 is 18.1 Å². The van der Waals surface area contributed by atoms with E-state index in [-0.39, 0.29) is 5.75 Å². The molecule has 0 aliphatic rings. The number of aliphatic hydroxyl groups excluding tert-OH is 1. The fourth-order valence-corrected chi connectivity index (χ4v) is 4.99. The van der Waals surface area contributed by atoms with Gasteiger partial charge in [0.1, 0.15) is 12.6 Å². The van der Waals surface area contributed by atoms with Crippen LogP contribution in [0.25, 0.3) is 4.91 Å². The number of unbranched alkanes of at least 4 members (excludes halogenated alkanes) is 6. The predicted molar refractivity (Wildman–Crippen MR) is 153 cm³/mol. The zero-order valence-corrected chi connectivity index (χ0v) is 24.2. The van der Waals surface area contributed by atoms with Gasteiger partial charge in [-0.1, -0.05) is 89.1 Å². The lowest BCUT2D eigenvalue weighted by molar-refractivity contribution is -0.174. The maximum absolute atomic E-state index is 12.9. The Hall–Kier alpha value is -2.53. The molecule has 0 saturated heterocycles. The number of halogens is 3. The first-order valence-electron chi connectivity index (χ1n) is 13.9. The van der Waals surface area contributed by atoms with Crippen LogP contribution >= 0.6 is 11.8 Å². The highest BCUT2D eigenvalue weighted by molar-refractivity contribution is 8.08. The zero-order valence-electron chi connectivity index (χ0n) is 23.4. The molecule has 1 aromatic carbocycles. The van der Waals surface area contributed by atoms with Gasteiger partial charge in [-0.3, -0.25) is 14.4 Å². The van der Waals surface area contributed by atoms with Crippen molar-refractivity contribution in [1.82, 2.24) is 10.6 Å². The molecule has 0 heterocycles. The number of aryl methyl sites for hydroxylation is 1. The highest BCUT2D eigenvalue weighted by Crippen LogP contribution is 2.30. The van der Waals surface area contributed by atoms with E-state index >= 15 is 0 Å². The van der Waals surface area contributed by atoms with Crippen molar-refractivity contribution >= 4 is 34.5 Å². The highest BCUT2D eigenvalue weighted by atomic mass is 32.2. The second-order valence-electron chi connectivity index (χ2n) is 9.76. The van der Waals surface area contributed by atoms with Crippen molar-refractivity contribution in [3.63, 3.8) is 0 Å². The Morgan fingerprint density at radius 3 is 2.20 bits per heavy atom. The molecule has 7 nitrogen and oxygen atoms in total. The van der Waals surface area contributed by atoms with E-state index in [2.05, 4.69) is 6.92 Å². The van der Waals surface area contributed by atoms with Crippen molar-refractivity contribution < 1.29 is 37.8 Å². The van der Waals surface area contributed by atoms with Crippen LogP contribution in [0.4, 0.5) is 13.2 Å². The SMILES string of the molecule is CCCCCCCCc1ccc(C(=CC[C@H](O)CCCC)SCC(NC(=O)C(F)(F)F)C(=O)NCC(=O)O)cc1. The molecule has 1 unspecified atom stereocenters. The van der Waals surface area contributed by atoms with Gasteiger partial charge in [-0.25, -0.2) is 0 Å². The van der Waals surface area contributed by atoms with Crippen LogP contribution < -0.4 is 10.6 Å². The standard InChI is InChI=1S/C29H43F3N2O5S/c1-3-5-7-8-9-10-11-21-13-15-22(16-14-21)25(18-17-23(35)12-6-4-2)40-20-24(27(38)33-19-26(36)37)34-28(39)29(30,31)32/h13-16,18,23-24,35H,3-12,17,19-20H2,1-2H3,(H,33,38)(H,34,39)(H,36,37)/t23-,24?/m1/s1. The summed E-state index contributed by atoms with van der Waals surface area (Å²) in [6.07, 6.45) is 6.74. The van der Waals surface area contributed by atoms with Crippen molar-refractivity contribution in [2.24, 2.45) is 0 Å². The van der Waals surface area contributed by atoms with Gasteiger partial charge in [-0.05, 0) is 36.8 Å². The molecule has 2 amide bonds. The van der Waals surface area contributed by atoms with Gasteiger partial charge in [-0.2, -0.15) is 13.2 Å². The number of hydrogen-bond acceptors (Lipinski definition) is 5.